The van der Waals surface area contributed by atoms with Gasteiger partial charge in [-0.05, 0) is 37.5 Å². The Kier molecular flexibility index (Phi) is 19.0. The molecule has 3 aliphatic heterocycles. The number of amides is 3. The topological polar surface area (TPSA) is 146 Å². The number of rotatable bonds is 9. The zero-order chi connectivity index (χ0) is 30.9. The van der Waals surface area contributed by atoms with E-state index >= 15 is 0 Å². The molecule has 0 aliphatic carbocycles. The van der Waals surface area contributed by atoms with Crippen molar-refractivity contribution in [1.29, 1.82) is 0 Å². The van der Waals surface area contributed by atoms with E-state index in [1.165, 1.54) is 7.11 Å². The van der Waals surface area contributed by atoms with Crippen LogP contribution in [0.1, 0.15) is 102 Å². The largest absolute Gasteiger partial charge is 0.453 e. The number of alkyl carbamates (subject to hydrolysis) is 1. The predicted octanol–water partition coefficient (Wildman–Crippen LogP) is 4.45. The van der Waals surface area contributed by atoms with E-state index in [1.54, 1.807) is 6.20 Å². The molecule has 12 nitrogen and oxygen atoms in total. The number of hydrogen-bond donors (Lipinski definition) is 3. The Bertz CT molecular complexity index is 1320. The fraction of sp³-hybridized carbons (Fsp3) is 0.710. The Morgan fingerprint density at radius 3 is 2.04 bits per heavy atom. The highest BCUT2D eigenvalue weighted by Gasteiger charge is 2.51. The molecule has 0 radical (unpaired) electrons. The number of carbonyl (C=O) groups is 3. The summed E-state index contributed by atoms with van der Waals surface area (Å²) in [5.74, 6) is 1.67. The summed E-state index contributed by atoms with van der Waals surface area (Å²) in [7, 11) is 1.29. The molecule has 276 valence electrons. The third-order valence-electron chi connectivity index (χ3n) is 9.49. The Morgan fingerprint density at radius 2 is 1.52 bits per heavy atom. The smallest absolute Gasteiger partial charge is 0.407 e. The Hall–Kier alpha value is -1.66. The van der Waals surface area contributed by atoms with Gasteiger partial charge >= 0.3 is 6.09 Å². The van der Waals surface area contributed by atoms with Crippen molar-refractivity contribution in [2.45, 2.75) is 96.9 Å². The number of nitrogens with zero attached hydrogens (tertiary/aromatic N) is 4. The van der Waals surface area contributed by atoms with Gasteiger partial charge in [0.1, 0.15) is 17.7 Å². The van der Waals surface area contributed by atoms with Crippen LogP contribution in [-0.4, -0.2) is 86.1 Å². The van der Waals surface area contributed by atoms with Crippen molar-refractivity contribution < 1.29 is 23.9 Å². The van der Waals surface area contributed by atoms with Gasteiger partial charge in [-0.3, -0.25) is 9.59 Å². The lowest BCUT2D eigenvalue weighted by Gasteiger charge is -2.30. The minimum atomic E-state index is -0.727. The van der Waals surface area contributed by atoms with Crippen LogP contribution in [0.5, 0.6) is 0 Å². The molecule has 5 atom stereocenters. The van der Waals surface area contributed by atoms with E-state index in [0.29, 0.717) is 31.8 Å². The molecular formula is C31H57N7O5S5. The molecule has 1 spiro atoms. The van der Waals surface area contributed by atoms with Crippen LogP contribution in [0.25, 0.3) is 0 Å². The average Bonchev–Trinajstić information content (AvgIpc) is 3.81. The minimum Gasteiger partial charge on any atom is -0.453 e. The number of nitrogens with one attached hydrogen (secondary N) is 3. The number of methoxy groups -OCH3 is 1. The molecule has 5 rings (SSSR count). The van der Waals surface area contributed by atoms with Crippen LogP contribution >= 0.6 is 67.5 Å². The number of aromatic amines is 2. The molecule has 2 aromatic rings. The zero-order valence-electron chi connectivity index (χ0n) is 28.8. The maximum Gasteiger partial charge on any atom is 0.407 e. The number of carbonyl (C=O) groups excluding carboxylic acids is 3. The fourth-order valence-electron chi connectivity index (χ4n) is 6.68. The van der Waals surface area contributed by atoms with Crippen molar-refractivity contribution in [3.05, 3.63) is 35.4 Å². The molecule has 0 saturated carbocycles. The molecule has 5 heterocycles. The van der Waals surface area contributed by atoms with E-state index in [1.807, 2.05) is 36.8 Å². The first-order valence-electron chi connectivity index (χ1n) is 15.7. The molecule has 3 N–H and O–H groups in total. The molecule has 2 aromatic heterocycles. The highest BCUT2D eigenvalue weighted by Crippen LogP contribution is 2.44. The first-order chi connectivity index (χ1) is 20.5. The number of hydrogen-bond acceptors (Lipinski definition) is 7. The van der Waals surface area contributed by atoms with Crippen LogP contribution in [-0.2, 0) is 25.5 Å². The molecule has 0 unspecified atom stereocenters. The lowest BCUT2D eigenvalue weighted by atomic mass is 9.96. The van der Waals surface area contributed by atoms with Gasteiger partial charge in [0, 0.05) is 55.7 Å². The molecule has 48 heavy (non-hydrogen) atoms. The van der Waals surface area contributed by atoms with Gasteiger partial charge in [0.15, 0.2) is 0 Å². The summed E-state index contributed by atoms with van der Waals surface area (Å²) in [4.78, 5) is 59.1. The van der Waals surface area contributed by atoms with E-state index in [-0.39, 0.29) is 109 Å². The summed E-state index contributed by atoms with van der Waals surface area (Å²) in [5, 5.41) is 2.72. The van der Waals surface area contributed by atoms with Crippen LogP contribution in [0.2, 0.25) is 0 Å². The van der Waals surface area contributed by atoms with Gasteiger partial charge in [0.25, 0.3) is 0 Å². The normalized spacial score (nSPS) is 22.6. The Balaban J connectivity index is 0.00000442. The van der Waals surface area contributed by atoms with Crippen molar-refractivity contribution in [1.82, 2.24) is 35.1 Å². The number of imidazole rings is 2. The number of H-pyrrole nitrogens is 2. The summed E-state index contributed by atoms with van der Waals surface area (Å²) in [5.41, 5.74) is 1.42. The Labute approximate surface area is 319 Å². The van der Waals surface area contributed by atoms with E-state index in [2.05, 4.69) is 34.1 Å². The van der Waals surface area contributed by atoms with Crippen LogP contribution < -0.4 is 5.32 Å². The molecule has 0 aromatic carbocycles. The minimum absolute atomic E-state index is 0. The summed E-state index contributed by atoms with van der Waals surface area (Å²) < 4.78 is 11.0. The SMILES string of the molecule is COC(=O)N[C@H](C(=O)N1C[C@]2(CCCO2)C[C@H]1c1ncc(Cc2cnc([C@@H]3CCCN3C(=O)[C@@H](C)C(C)C)[nH]2)[nH]1)C(C)C.S.S.S.S.S. The van der Waals surface area contributed by atoms with Crippen LogP contribution in [0.4, 0.5) is 4.79 Å². The van der Waals surface area contributed by atoms with Crippen molar-refractivity contribution in [2.75, 3.05) is 26.8 Å². The maximum absolute atomic E-state index is 13.9. The number of aromatic nitrogens is 4. The molecule has 3 amide bonds. The number of likely N-dealkylation sites (tertiary alicyclic amines) is 2. The van der Waals surface area contributed by atoms with Gasteiger partial charge < -0.3 is 34.6 Å². The summed E-state index contributed by atoms with van der Waals surface area (Å²) in [6.45, 7) is 11.9. The Morgan fingerprint density at radius 1 is 0.917 bits per heavy atom. The van der Waals surface area contributed by atoms with Gasteiger partial charge in [-0.15, -0.1) is 0 Å². The lowest BCUT2D eigenvalue weighted by Crippen LogP contribution is -2.51. The lowest BCUT2D eigenvalue weighted by molar-refractivity contribution is -0.137. The van der Waals surface area contributed by atoms with E-state index in [0.717, 1.165) is 49.4 Å². The van der Waals surface area contributed by atoms with E-state index in [4.69, 9.17) is 14.5 Å². The molecule has 0 bridgehead atoms. The van der Waals surface area contributed by atoms with Crippen molar-refractivity contribution in [3.8, 4) is 0 Å². The third-order valence-corrected chi connectivity index (χ3v) is 9.49. The highest BCUT2D eigenvalue weighted by atomic mass is 32.1. The maximum atomic E-state index is 13.9. The standard InChI is InChI=1S/C31H47N7O5.5H2S/c1-18(2)20(5)28(39)37-11-7-9-23(37)26-32-15-21(34-26)13-22-16-33-27(35-22)24-14-31(10-8-12-43-31)17-38(24)29(40)25(19(3)4)36-30(41)42-6;;;;;/h15-16,18-20,23-25H,7-14,17H2,1-6H3,(H,32,34)(H,33,35)(H,36,41);5*1H2/t20-,23-,24-,25-,31-;;;;;/m0...../s1. The van der Waals surface area contributed by atoms with Crippen molar-refractivity contribution in [3.63, 3.8) is 0 Å². The average molecular weight is 768 g/mol. The predicted molar refractivity (Wildman–Crippen MR) is 211 cm³/mol. The summed E-state index contributed by atoms with van der Waals surface area (Å²) >= 11 is 0. The second-order valence-electron chi connectivity index (χ2n) is 13.2. The second-order valence-corrected chi connectivity index (χ2v) is 13.2. The monoisotopic (exact) mass is 767 g/mol. The first kappa shape index (κ1) is 46.3. The van der Waals surface area contributed by atoms with Crippen molar-refractivity contribution >= 4 is 85.4 Å². The van der Waals surface area contributed by atoms with Crippen LogP contribution in [0.15, 0.2) is 12.4 Å². The third kappa shape index (κ3) is 9.98. The molecule has 3 saturated heterocycles. The van der Waals surface area contributed by atoms with E-state index in [9.17, 15) is 14.4 Å². The quantitative estimate of drug-likeness (QED) is 0.342. The summed E-state index contributed by atoms with van der Waals surface area (Å²) in [6.07, 6.45) is 7.91. The van der Waals surface area contributed by atoms with Gasteiger partial charge in [-0.25, -0.2) is 14.8 Å². The molecule has 3 aliphatic rings. The van der Waals surface area contributed by atoms with Gasteiger partial charge in [-0.2, -0.15) is 67.5 Å². The van der Waals surface area contributed by atoms with Crippen molar-refractivity contribution in [2.24, 2.45) is 17.8 Å². The zero-order valence-corrected chi connectivity index (χ0v) is 33.8. The van der Waals surface area contributed by atoms with Gasteiger partial charge in [0.2, 0.25) is 11.8 Å². The molecule has 3 fully saturated rings. The van der Waals surface area contributed by atoms with Crippen LogP contribution in [0.3, 0.4) is 0 Å². The highest BCUT2D eigenvalue weighted by molar-refractivity contribution is 7.60. The van der Waals surface area contributed by atoms with E-state index < -0.39 is 17.7 Å². The van der Waals surface area contributed by atoms with Gasteiger partial charge in [0.05, 0.1) is 31.3 Å². The second kappa shape index (κ2) is 19.7. The van der Waals surface area contributed by atoms with Gasteiger partial charge in [-0.1, -0.05) is 34.6 Å². The molecule has 17 heteroatoms. The fourth-order valence-corrected chi connectivity index (χ4v) is 6.68. The number of ether oxygens (including phenoxy) is 2. The molecular weight excluding hydrogens is 711 g/mol. The van der Waals surface area contributed by atoms with Crippen LogP contribution in [0, 0.1) is 17.8 Å². The summed E-state index contributed by atoms with van der Waals surface area (Å²) in [6, 6.07) is -1.07. The first-order valence-corrected chi connectivity index (χ1v) is 15.7.